The van der Waals surface area contributed by atoms with Gasteiger partial charge in [-0.15, -0.1) is 11.3 Å². The highest BCUT2D eigenvalue weighted by atomic mass is 32.2. The van der Waals surface area contributed by atoms with E-state index in [1.54, 1.807) is 20.2 Å². The first-order valence-electron chi connectivity index (χ1n) is 14.6. The summed E-state index contributed by atoms with van der Waals surface area (Å²) in [5.41, 5.74) is 2.63. The molecule has 0 aliphatic heterocycles. The molecule has 0 saturated heterocycles. The van der Waals surface area contributed by atoms with E-state index in [0.717, 1.165) is 42.1 Å². The van der Waals surface area contributed by atoms with Crippen LogP contribution in [0.15, 0.2) is 42.6 Å². The van der Waals surface area contributed by atoms with E-state index in [1.807, 2.05) is 21.8 Å². The molecular weight excluding hydrogens is 587 g/mol. The second-order valence-corrected chi connectivity index (χ2v) is 14.3. The number of benzene rings is 1. The highest BCUT2D eigenvalue weighted by Crippen LogP contribution is 2.49. The van der Waals surface area contributed by atoms with Gasteiger partial charge in [-0.1, -0.05) is 37.6 Å². The molecule has 0 unspecified atom stereocenters. The molecule has 1 fully saturated rings. The van der Waals surface area contributed by atoms with E-state index >= 15 is 0 Å². The molecule has 1 aliphatic rings. The number of unbranched alkanes of at least 4 members (excludes halogenated alkanes) is 1. The zero-order valence-electron chi connectivity index (χ0n) is 25.6. The van der Waals surface area contributed by atoms with Gasteiger partial charge < -0.3 is 9.64 Å². The van der Waals surface area contributed by atoms with E-state index in [2.05, 4.69) is 41.2 Å². The number of aryl methyl sites for hydroxylation is 3. The second kappa shape index (κ2) is 14.0. The van der Waals surface area contributed by atoms with E-state index in [0.29, 0.717) is 35.0 Å². The maximum absolute atomic E-state index is 14.2. The molecule has 4 rings (SSSR count). The van der Waals surface area contributed by atoms with Gasteiger partial charge in [-0.3, -0.25) is 14.6 Å². The van der Waals surface area contributed by atoms with Gasteiger partial charge in [0.05, 0.1) is 31.0 Å². The Hall–Kier alpha value is -3.35. The Kier molecular flexibility index (Phi) is 10.6. The summed E-state index contributed by atoms with van der Waals surface area (Å²) in [4.78, 5) is 38.4. The molecule has 1 aromatic carbocycles. The summed E-state index contributed by atoms with van der Waals surface area (Å²) < 4.78 is 32.6. The predicted octanol–water partition coefficient (Wildman–Crippen LogP) is 4.43. The first-order valence-corrected chi connectivity index (χ1v) is 16.8. The summed E-state index contributed by atoms with van der Waals surface area (Å²) in [6, 6.07) is 12.3. The van der Waals surface area contributed by atoms with Crippen LogP contribution in [-0.4, -0.2) is 67.2 Å². The zero-order valence-corrected chi connectivity index (χ0v) is 27.2. The molecule has 232 valence electrons. The minimum absolute atomic E-state index is 0.0177. The topological polar surface area (TPSA) is 122 Å². The number of nitrogens with one attached hydrogen (secondary N) is 1. The fraction of sp³-hybridized carbons (Fsp3) is 0.484. The summed E-state index contributed by atoms with van der Waals surface area (Å²) in [6.45, 7) is 4.63. The largest absolute Gasteiger partial charge is 0.495 e. The molecule has 2 aromatic heterocycles. The normalized spacial score (nSPS) is 14.0. The van der Waals surface area contributed by atoms with E-state index in [9.17, 15) is 18.0 Å². The van der Waals surface area contributed by atoms with Crippen LogP contribution in [0.2, 0.25) is 0 Å². The Morgan fingerprint density at radius 1 is 1.09 bits per heavy atom. The van der Waals surface area contributed by atoms with Crippen molar-refractivity contribution in [2.75, 3.05) is 27.7 Å². The van der Waals surface area contributed by atoms with Crippen molar-refractivity contribution in [3.05, 3.63) is 75.0 Å². The Labute approximate surface area is 258 Å². The lowest BCUT2D eigenvalue weighted by Crippen LogP contribution is -2.40. The number of hydrogen-bond acceptors (Lipinski definition) is 8. The van der Waals surface area contributed by atoms with Gasteiger partial charge in [0, 0.05) is 25.5 Å². The summed E-state index contributed by atoms with van der Waals surface area (Å²) in [5.74, 6) is -0.183. The standard InChI is InChI=1S/C31H41N5O5S2/c1-6-7-10-23-11-8-12-24(19-23)13-9-18-36(30(38)31(16-17-31)26-15-14-25(41-5)20-32-26)21-27-33-28(22(2)42-27)29(37)34-43(39,40)35(3)4/h8,11-12,14-15,19-20H,6-7,9-10,13,16-18,21H2,1-5H3,(H,34,37). The molecular formula is C31H41N5O5S2. The molecule has 12 heteroatoms. The minimum Gasteiger partial charge on any atom is -0.495 e. The van der Waals surface area contributed by atoms with Gasteiger partial charge in [0.1, 0.15) is 16.5 Å². The Morgan fingerprint density at radius 2 is 1.79 bits per heavy atom. The maximum Gasteiger partial charge on any atom is 0.303 e. The third-order valence-corrected chi connectivity index (χ3v) is 10.1. The molecule has 2 amide bonds. The van der Waals surface area contributed by atoms with Crippen molar-refractivity contribution in [1.29, 1.82) is 0 Å². The average Bonchev–Trinajstić information content (AvgIpc) is 3.71. The highest BCUT2D eigenvalue weighted by molar-refractivity contribution is 7.87. The van der Waals surface area contributed by atoms with Crippen LogP contribution < -0.4 is 9.46 Å². The molecule has 1 N–H and O–H groups in total. The number of pyridine rings is 1. The molecule has 0 atom stereocenters. The van der Waals surface area contributed by atoms with Crippen LogP contribution in [0.4, 0.5) is 0 Å². The maximum atomic E-state index is 14.2. The molecule has 1 aliphatic carbocycles. The van der Waals surface area contributed by atoms with Crippen LogP contribution in [0.5, 0.6) is 5.75 Å². The van der Waals surface area contributed by atoms with Crippen molar-refractivity contribution in [2.24, 2.45) is 0 Å². The quantitative estimate of drug-likeness (QED) is 0.265. The van der Waals surface area contributed by atoms with Crippen LogP contribution in [0.25, 0.3) is 0 Å². The summed E-state index contributed by atoms with van der Waals surface area (Å²) in [5, 5.41) is 0.568. The molecule has 1 saturated carbocycles. The number of hydrogen-bond donors (Lipinski definition) is 1. The highest BCUT2D eigenvalue weighted by Gasteiger charge is 2.54. The van der Waals surface area contributed by atoms with Gasteiger partial charge >= 0.3 is 10.2 Å². The number of rotatable bonds is 15. The number of nitrogens with zero attached hydrogens (tertiary/aromatic N) is 4. The summed E-state index contributed by atoms with van der Waals surface area (Å²) >= 11 is 1.29. The van der Waals surface area contributed by atoms with Crippen LogP contribution in [-0.2, 0) is 39.8 Å². The number of amides is 2. The fourth-order valence-electron chi connectivity index (χ4n) is 4.99. The number of aromatic nitrogens is 2. The molecule has 0 spiro atoms. The fourth-order valence-corrected chi connectivity index (χ4v) is 6.45. The lowest BCUT2D eigenvalue weighted by Gasteiger charge is -2.27. The summed E-state index contributed by atoms with van der Waals surface area (Å²) in [6.07, 6.45) is 7.98. The van der Waals surface area contributed by atoms with Crippen molar-refractivity contribution in [3.8, 4) is 5.75 Å². The number of ether oxygens (including phenoxy) is 1. The molecule has 0 radical (unpaired) electrons. The first-order chi connectivity index (χ1) is 20.5. The van der Waals surface area contributed by atoms with Gasteiger partial charge in [-0.2, -0.15) is 12.7 Å². The predicted molar refractivity (Wildman–Crippen MR) is 167 cm³/mol. The van der Waals surface area contributed by atoms with Crippen molar-refractivity contribution in [3.63, 3.8) is 0 Å². The van der Waals surface area contributed by atoms with Crippen LogP contribution in [0, 0.1) is 6.92 Å². The monoisotopic (exact) mass is 627 g/mol. The van der Waals surface area contributed by atoms with Crippen molar-refractivity contribution in [2.45, 2.75) is 70.8 Å². The van der Waals surface area contributed by atoms with Gasteiger partial charge in [0.2, 0.25) is 5.91 Å². The number of carbonyl (C=O) groups is 2. The number of thiazole rings is 1. The van der Waals surface area contributed by atoms with E-state index in [-0.39, 0.29) is 18.1 Å². The van der Waals surface area contributed by atoms with Crippen molar-refractivity contribution >= 4 is 33.4 Å². The van der Waals surface area contributed by atoms with Crippen LogP contribution in [0.1, 0.15) is 76.2 Å². The number of carbonyl (C=O) groups excluding carboxylic acids is 2. The van der Waals surface area contributed by atoms with E-state index in [1.165, 1.54) is 36.6 Å². The lowest BCUT2D eigenvalue weighted by atomic mass is 9.99. The second-order valence-electron chi connectivity index (χ2n) is 11.2. The first kappa shape index (κ1) is 32.6. The Morgan fingerprint density at radius 3 is 2.37 bits per heavy atom. The third-order valence-electron chi connectivity index (χ3n) is 7.70. The van der Waals surface area contributed by atoms with Crippen molar-refractivity contribution in [1.82, 2.24) is 23.9 Å². The van der Waals surface area contributed by atoms with Gasteiger partial charge in [-0.05, 0) is 68.7 Å². The van der Waals surface area contributed by atoms with Crippen molar-refractivity contribution < 1.29 is 22.7 Å². The van der Waals surface area contributed by atoms with Gasteiger partial charge in [-0.25, -0.2) is 9.71 Å². The molecule has 43 heavy (non-hydrogen) atoms. The minimum atomic E-state index is -3.97. The van der Waals surface area contributed by atoms with Gasteiger partial charge in [0.15, 0.2) is 0 Å². The zero-order chi connectivity index (χ0) is 31.2. The van der Waals surface area contributed by atoms with E-state index < -0.39 is 21.5 Å². The SMILES string of the molecule is CCCCc1cccc(CCCN(Cc2nc(C(=O)NS(=O)(=O)N(C)C)c(C)s2)C(=O)C2(c3ccc(OC)cn3)CC2)c1. The average molecular weight is 628 g/mol. The van der Waals surface area contributed by atoms with Crippen LogP contribution in [0.3, 0.4) is 0 Å². The van der Waals surface area contributed by atoms with E-state index in [4.69, 9.17) is 4.74 Å². The molecule has 3 aromatic rings. The third kappa shape index (κ3) is 7.98. The molecule has 0 bridgehead atoms. The van der Waals surface area contributed by atoms with Gasteiger partial charge in [0.25, 0.3) is 5.91 Å². The van der Waals surface area contributed by atoms with Crippen LogP contribution >= 0.6 is 11.3 Å². The Bertz CT molecular complexity index is 1530. The molecule has 10 nitrogen and oxygen atoms in total. The summed E-state index contributed by atoms with van der Waals surface area (Å²) in [7, 11) is 0.292. The molecule has 2 heterocycles. The lowest BCUT2D eigenvalue weighted by molar-refractivity contribution is -0.134. The number of methoxy groups -OCH3 is 1. The Balaban J connectivity index is 1.54. The smallest absolute Gasteiger partial charge is 0.303 e.